The molecule has 13 heavy (non-hydrogen) atoms. The first-order valence-electron chi connectivity index (χ1n) is 3.93. The Bertz CT molecular complexity index is 254. The van der Waals surface area contributed by atoms with Crippen molar-refractivity contribution in [2.75, 3.05) is 20.3 Å². The number of rotatable bonds is 1. The van der Waals surface area contributed by atoms with Crippen LogP contribution >= 0.6 is 7.75 Å². The molecular formula is C6H14N3O3P. The van der Waals surface area contributed by atoms with E-state index in [1.54, 1.807) is 0 Å². The van der Waals surface area contributed by atoms with Gasteiger partial charge in [0.15, 0.2) is 0 Å². The van der Waals surface area contributed by atoms with Gasteiger partial charge in [-0.15, -0.1) is 0 Å². The van der Waals surface area contributed by atoms with Crippen molar-refractivity contribution >= 4 is 7.75 Å². The lowest BCUT2D eigenvalue weighted by atomic mass is 9.95. The first kappa shape index (κ1) is 10.6. The zero-order chi connectivity index (χ0) is 9.95. The smallest absolute Gasteiger partial charge is 0.293 e. The van der Waals surface area contributed by atoms with Gasteiger partial charge >= 0.3 is 7.75 Å². The molecule has 0 aromatic rings. The second-order valence-electron chi connectivity index (χ2n) is 3.61. The SMILES string of the molecule is COP1(=O)/N=N\NCC(C)(C)CO1. The van der Waals surface area contributed by atoms with E-state index in [1.807, 2.05) is 13.8 Å². The summed E-state index contributed by atoms with van der Waals surface area (Å²) in [6.45, 7) is 4.89. The monoisotopic (exact) mass is 207 g/mol. The van der Waals surface area contributed by atoms with E-state index in [0.717, 1.165) is 0 Å². The van der Waals surface area contributed by atoms with Gasteiger partial charge in [-0.05, 0) is 0 Å². The van der Waals surface area contributed by atoms with E-state index in [-0.39, 0.29) is 5.41 Å². The van der Waals surface area contributed by atoms with Gasteiger partial charge in [0, 0.05) is 19.1 Å². The van der Waals surface area contributed by atoms with Gasteiger partial charge in [0.2, 0.25) is 0 Å². The van der Waals surface area contributed by atoms with Gasteiger partial charge in [-0.25, -0.2) is 4.57 Å². The molecule has 76 valence electrons. The standard InChI is InChI=1S/C6H14N3O3P/c1-6(2)4-7-8-9-13(10,11-3)12-5-6/h4-5H2,1-3H3,(H,7,9,10). The zero-order valence-corrected chi connectivity index (χ0v) is 8.88. The highest BCUT2D eigenvalue weighted by atomic mass is 31.2. The minimum absolute atomic E-state index is 0.131. The molecule has 6 nitrogen and oxygen atoms in total. The molecule has 1 aliphatic heterocycles. The van der Waals surface area contributed by atoms with E-state index < -0.39 is 7.75 Å². The average molecular weight is 207 g/mol. The van der Waals surface area contributed by atoms with Gasteiger partial charge in [0.25, 0.3) is 0 Å². The summed E-state index contributed by atoms with van der Waals surface area (Å²) in [5, 5.41) is 3.51. The maximum absolute atomic E-state index is 11.5. The first-order valence-corrected chi connectivity index (χ1v) is 5.42. The molecule has 0 saturated heterocycles. The van der Waals surface area contributed by atoms with E-state index in [0.29, 0.717) is 13.2 Å². The molecule has 1 aliphatic rings. The van der Waals surface area contributed by atoms with Gasteiger partial charge in [-0.3, -0.25) is 14.5 Å². The van der Waals surface area contributed by atoms with E-state index in [2.05, 4.69) is 20.1 Å². The Hall–Kier alpha value is -0.450. The van der Waals surface area contributed by atoms with Crippen molar-refractivity contribution in [3.05, 3.63) is 0 Å². The van der Waals surface area contributed by atoms with Gasteiger partial charge in [0.05, 0.1) is 6.61 Å². The van der Waals surface area contributed by atoms with Crippen molar-refractivity contribution in [3.63, 3.8) is 0 Å². The molecule has 0 bridgehead atoms. The summed E-state index contributed by atoms with van der Waals surface area (Å²) in [4.78, 5) is 3.42. The van der Waals surface area contributed by atoms with Gasteiger partial charge < -0.3 is 0 Å². The highest BCUT2D eigenvalue weighted by molar-refractivity contribution is 7.52. The fraction of sp³-hybridized carbons (Fsp3) is 1.00. The average Bonchev–Trinajstić information content (AvgIpc) is 2.08. The van der Waals surface area contributed by atoms with Crippen LogP contribution in [0.3, 0.4) is 0 Å². The van der Waals surface area contributed by atoms with Crippen LogP contribution in [-0.2, 0) is 13.6 Å². The van der Waals surface area contributed by atoms with Gasteiger partial charge in [-0.1, -0.05) is 24.0 Å². The van der Waals surface area contributed by atoms with E-state index in [4.69, 9.17) is 4.52 Å². The van der Waals surface area contributed by atoms with Crippen LogP contribution < -0.4 is 5.43 Å². The fourth-order valence-electron chi connectivity index (χ4n) is 0.758. The number of nitrogens with one attached hydrogen (secondary N) is 1. The molecule has 1 rings (SSSR count). The molecule has 1 heterocycles. The minimum atomic E-state index is -3.35. The van der Waals surface area contributed by atoms with Crippen molar-refractivity contribution in [2.45, 2.75) is 13.8 Å². The fourth-order valence-corrected chi connectivity index (χ4v) is 1.67. The Balaban J connectivity index is 2.74. The number of hydrogen-bond donors (Lipinski definition) is 1. The summed E-state index contributed by atoms with van der Waals surface area (Å²) in [6, 6.07) is 0. The molecule has 0 fully saturated rings. The van der Waals surface area contributed by atoms with E-state index in [1.165, 1.54) is 7.11 Å². The number of nitrogens with zero attached hydrogens (tertiary/aromatic N) is 2. The number of hydrogen-bond acceptors (Lipinski definition) is 5. The third-order valence-corrected chi connectivity index (χ3v) is 2.86. The van der Waals surface area contributed by atoms with Crippen molar-refractivity contribution in [3.8, 4) is 0 Å². The van der Waals surface area contributed by atoms with Crippen LogP contribution in [0.25, 0.3) is 0 Å². The van der Waals surface area contributed by atoms with Crippen LogP contribution in [0.1, 0.15) is 13.8 Å². The third-order valence-electron chi connectivity index (χ3n) is 1.63. The Morgan fingerprint density at radius 1 is 1.62 bits per heavy atom. The first-order chi connectivity index (χ1) is 5.97. The Kier molecular flexibility index (Phi) is 3.05. The van der Waals surface area contributed by atoms with E-state index >= 15 is 0 Å². The van der Waals surface area contributed by atoms with Crippen LogP contribution in [0.2, 0.25) is 0 Å². The summed E-state index contributed by atoms with van der Waals surface area (Å²) in [5.74, 6) is 0. The summed E-state index contributed by atoms with van der Waals surface area (Å²) in [6.07, 6.45) is 0. The topological polar surface area (TPSA) is 72.3 Å². The van der Waals surface area contributed by atoms with Crippen molar-refractivity contribution in [1.82, 2.24) is 5.43 Å². The summed E-state index contributed by atoms with van der Waals surface area (Å²) < 4.78 is 21.2. The second-order valence-corrected chi connectivity index (χ2v) is 5.35. The summed E-state index contributed by atoms with van der Waals surface area (Å²) in [7, 11) is -2.06. The highest BCUT2D eigenvalue weighted by Gasteiger charge is 2.29. The summed E-state index contributed by atoms with van der Waals surface area (Å²) >= 11 is 0. The van der Waals surface area contributed by atoms with Crippen molar-refractivity contribution in [2.24, 2.45) is 15.5 Å². The third kappa shape index (κ3) is 3.06. The van der Waals surface area contributed by atoms with Crippen molar-refractivity contribution < 1.29 is 13.6 Å². The van der Waals surface area contributed by atoms with Crippen LogP contribution in [0.15, 0.2) is 10.1 Å². The minimum Gasteiger partial charge on any atom is -0.293 e. The molecule has 0 radical (unpaired) electrons. The maximum atomic E-state index is 11.5. The maximum Gasteiger partial charge on any atom is 0.473 e. The van der Waals surface area contributed by atoms with E-state index in [9.17, 15) is 4.57 Å². The highest BCUT2D eigenvalue weighted by Crippen LogP contribution is 2.50. The Labute approximate surface area is 77.3 Å². The molecule has 0 saturated carbocycles. The Morgan fingerprint density at radius 3 is 2.92 bits per heavy atom. The zero-order valence-electron chi connectivity index (χ0n) is 7.98. The largest absolute Gasteiger partial charge is 0.473 e. The van der Waals surface area contributed by atoms with Gasteiger partial charge in [-0.2, -0.15) is 0 Å². The van der Waals surface area contributed by atoms with Crippen LogP contribution in [0.5, 0.6) is 0 Å². The van der Waals surface area contributed by atoms with Crippen molar-refractivity contribution in [1.29, 1.82) is 0 Å². The molecule has 0 aromatic heterocycles. The predicted octanol–water partition coefficient (Wildman–Crippen LogP) is 1.75. The van der Waals surface area contributed by atoms with Crippen LogP contribution in [0.4, 0.5) is 0 Å². The molecule has 1 atom stereocenters. The molecule has 7 heteroatoms. The molecule has 0 aliphatic carbocycles. The lowest BCUT2D eigenvalue weighted by Crippen LogP contribution is -2.31. The molecule has 0 aromatic carbocycles. The van der Waals surface area contributed by atoms with Crippen LogP contribution in [-0.4, -0.2) is 20.3 Å². The quantitative estimate of drug-likeness (QED) is 0.665. The molecule has 0 spiro atoms. The predicted molar refractivity (Wildman–Crippen MR) is 47.2 cm³/mol. The lowest BCUT2D eigenvalue weighted by Gasteiger charge is -2.26. The molecule has 1 N–H and O–H groups in total. The molecule has 0 amide bonds. The normalized spacial score (nSPS) is 35.6. The molecular weight excluding hydrogens is 193 g/mol. The van der Waals surface area contributed by atoms with Gasteiger partial charge in [0.1, 0.15) is 0 Å². The summed E-state index contributed by atoms with van der Waals surface area (Å²) in [5.41, 5.74) is 2.56. The second kappa shape index (κ2) is 3.74. The Morgan fingerprint density at radius 2 is 2.31 bits per heavy atom. The van der Waals surface area contributed by atoms with Crippen LogP contribution in [0, 0.1) is 5.41 Å². The molecule has 1 unspecified atom stereocenters. The lowest BCUT2D eigenvalue weighted by molar-refractivity contribution is 0.141.